The third-order valence-electron chi connectivity index (χ3n) is 9.93. The first-order valence-corrected chi connectivity index (χ1v) is 19.0. The Morgan fingerprint density at radius 2 is 0.934 bits per heavy atom. The van der Waals surface area contributed by atoms with Gasteiger partial charge in [-0.25, -0.2) is 24.4 Å². The van der Waals surface area contributed by atoms with Crippen LogP contribution in [0.4, 0.5) is 0 Å². The number of esters is 3. The lowest BCUT2D eigenvalue weighted by Crippen LogP contribution is -2.16. The average Bonchev–Trinajstić information content (AvgIpc) is 4.15. The van der Waals surface area contributed by atoms with Gasteiger partial charge in [-0.05, 0) is 102 Å². The molecule has 0 fully saturated rings. The largest absolute Gasteiger partial charge is 0.465 e. The van der Waals surface area contributed by atoms with E-state index in [9.17, 15) is 19.2 Å². The number of H-pyrrole nitrogens is 1. The van der Waals surface area contributed by atoms with Crippen molar-refractivity contribution < 1.29 is 38.1 Å². The van der Waals surface area contributed by atoms with Crippen LogP contribution >= 0.6 is 0 Å². The molecule has 8 rings (SSSR count). The summed E-state index contributed by atoms with van der Waals surface area (Å²) in [6, 6.07) is 34.2. The maximum absolute atomic E-state index is 12.4. The molecule has 4 heterocycles. The lowest BCUT2D eigenvalue weighted by molar-refractivity contribution is -0.115. The van der Waals surface area contributed by atoms with Crippen LogP contribution in [0.25, 0.3) is 16.7 Å². The van der Waals surface area contributed by atoms with E-state index in [1.54, 1.807) is 60.7 Å². The molecule has 61 heavy (non-hydrogen) atoms. The molecule has 3 aliphatic rings. The second-order valence-electron chi connectivity index (χ2n) is 13.7. The van der Waals surface area contributed by atoms with Gasteiger partial charge in [-0.1, -0.05) is 54.6 Å². The number of methoxy groups -OCH3 is 3. The van der Waals surface area contributed by atoms with Crippen molar-refractivity contribution in [3.8, 4) is 5.75 Å². The number of hydrogen-bond donors (Lipinski definition) is 2. The highest BCUT2D eigenvalue weighted by Gasteiger charge is 2.25. The summed E-state index contributed by atoms with van der Waals surface area (Å²) in [6.07, 6.45) is 10.5. The number of allylic oxidation sites excluding steroid dienone is 5. The number of carbonyl (C=O) groups is 4. The molecule has 0 radical (unpaired) electrons. The minimum atomic E-state index is -0.472. The van der Waals surface area contributed by atoms with Crippen molar-refractivity contribution in [3.63, 3.8) is 0 Å². The van der Waals surface area contributed by atoms with Crippen molar-refractivity contribution >= 4 is 52.1 Å². The molecule has 2 N–H and O–H groups in total. The van der Waals surface area contributed by atoms with Gasteiger partial charge in [-0.15, -0.1) is 0 Å². The second kappa shape index (κ2) is 17.2. The van der Waals surface area contributed by atoms with Gasteiger partial charge in [0.2, 0.25) is 11.8 Å². The van der Waals surface area contributed by atoms with Crippen molar-refractivity contribution in [2.75, 3.05) is 21.3 Å². The third kappa shape index (κ3) is 8.32. The second-order valence-corrected chi connectivity index (χ2v) is 13.7. The quantitative estimate of drug-likeness (QED) is 0.106. The molecule has 12 heteroatoms. The highest BCUT2D eigenvalue weighted by Crippen LogP contribution is 2.37. The number of amides is 1. The number of benzene rings is 4. The summed E-state index contributed by atoms with van der Waals surface area (Å²) in [4.78, 5) is 63.0. The van der Waals surface area contributed by atoms with Gasteiger partial charge in [-0.3, -0.25) is 4.79 Å². The van der Waals surface area contributed by atoms with Gasteiger partial charge in [-0.2, -0.15) is 0 Å². The Hall–Kier alpha value is -8.38. The molecule has 0 unspecified atom stereocenters. The van der Waals surface area contributed by atoms with Gasteiger partial charge >= 0.3 is 17.9 Å². The summed E-state index contributed by atoms with van der Waals surface area (Å²) in [5, 5.41) is 2.90. The summed E-state index contributed by atoms with van der Waals surface area (Å²) >= 11 is 0. The highest BCUT2D eigenvalue weighted by atomic mass is 16.5. The number of rotatable bonds is 10. The molecular weight excluding hydrogens is 773 g/mol. The molecule has 12 nitrogen and oxygen atoms in total. The van der Waals surface area contributed by atoms with Crippen LogP contribution in [0.1, 0.15) is 59.2 Å². The van der Waals surface area contributed by atoms with Crippen LogP contribution in [0.3, 0.4) is 0 Å². The van der Waals surface area contributed by atoms with Gasteiger partial charge in [0.15, 0.2) is 0 Å². The first-order valence-electron chi connectivity index (χ1n) is 19.0. The SMILES string of the molecule is COC(=O)c1ccc(/C(=C2\C=CC(C(=C3\C=CC(=O)N3)/c3ccc(C(=O)OC)cc3)=N2)c2ccc(/C(=C3\C=CC(Oc4ccccc4)=N3)c3ccc(C(=O)OC)cc3)[nH]2)cc1. The lowest BCUT2D eigenvalue weighted by atomic mass is 9.97. The smallest absolute Gasteiger partial charge is 0.337 e. The maximum Gasteiger partial charge on any atom is 0.337 e. The Balaban J connectivity index is 1.26. The van der Waals surface area contributed by atoms with E-state index < -0.39 is 17.9 Å². The van der Waals surface area contributed by atoms with Crippen LogP contribution in [0.15, 0.2) is 179 Å². The fraction of sp³-hybridized carbons (Fsp3) is 0.0612. The van der Waals surface area contributed by atoms with E-state index in [-0.39, 0.29) is 5.91 Å². The Morgan fingerprint density at radius 1 is 0.475 bits per heavy atom. The van der Waals surface area contributed by atoms with Crippen LogP contribution < -0.4 is 10.1 Å². The van der Waals surface area contributed by atoms with Crippen LogP contribution in [0.5, 0.6) is 5.75 Å². The summed E-state index contributed by atoms with van der Waals surface area (Å²) in [5.74, 6) is -0.627. The number of carbonyl (C=O) groups excluding carboxylic acids is 4. The van der Waals surface area contributed by atoms with Crippen molar-refractivity contribution in [2.24, 2.45) is 9.98 Å². The fourth-order valence-electron chi connectivity index (χ4n) is 6.99. The predicted octanol–water partition coefficient (Wildman–Crippen LogP) is 8.05. The number of ether oxygens (including phenoxy) is 4. The number of aliphatic imine (C=N–C) groups is 2. The molecule has 1 amide bonds. The van der Waals surface area contributed by atoms with Gasteiger partial charge in [0.1, 0.15) is 5.75 Å². The molecule has 4 aromatic carbocycles. The zero-order valence-corrected chi connectivity index (χ0v) is 33.1. The van der Waals surface area contributed by atoms with E-state index in [4.69, 9.17) is 28.9 Å². The molecule has 300 valence electrons. The van der Waals surface area contributed by atoms with E-state index >= 15 is 0 Å². The summed E-state index contributed by atoms with van der Waals surface area (Å²) in [7, 11) is 3.99. The van der Waals surface area contributed by atoms with E-state index in [0.29, 0.717) is 79.2 Å². The van der Waals surface area contributed by atoms with Crippen molar-refractivity contribution in [2.45, 2.75) is 0 Å². The molecule has 5 aromatic rings. The number of para-hydroxylation sites is 1. The van der Waals surface area contributed by atoms with Gasteiger partial charge in [0.25, 0.3) is 0 Å². The van der Waals surface area contributed by atoms with E-state index in [0.717, 1.165) is 16.7 Å². The monoisotopic (exact) mass is 808 g/mol. The van der Waals surface area contributed by atoms with E-state index in [2.05, 4.69) is 10.3 Å². The number of hydrogen-bond acceptors (Lipinski definition) is 10. The van der Waals surface area contributed by atoms with Gasteiger partial charge in [0.05, 0.1) is 60.8 Å². The molecule has 0 atom stereocenters. The summed E-state index contributed by atoms with van der Waals surface area (Å²) in [5.41, 5.74) is 9.12. The number of aromatic nitrogens is 1. The predicted molar refractivity (Wildman–Crippen MR) is 231 cm³/mol. The van der Waals surface area contributed by atoms with E-state index in [1.807, 2.05) is 85.0 Å². The number of nitrogens with one attached hydrogen (secondary N) is 2. The Bertz CT molecular complexity index is 2840. The minimum absolute atomic E-state index is 0.271. The van der Waals surface area contributed by atoms with E-state index in [1.165, 1.54) is 27.4 Å². The fourth-order valence-corrected chi connectivity index (χ4v) is 6.99. The zero-order valence-electron chi connectivity index (χ0n) is 33.1. The first-order chi connectivity index (χ1) is 29.7. The van der Waals surface area contributed by atoms with Crippen molar-refractivity contribution in [3.05, 3.63) is 214 Å². The van der Waals surface area contributed by atoms with Crippen LogP contribution in [-0.2, 0) is 19.0 Å². The number of aromatic amines is 1. The highest BCUT2D eigenvalue weighted by molar-refractivity contribution is 6.32. The topological polar surface area (TPSA) is 158 Å². The normalized spacial score (nSPS) is 16.4. The molecule has 3 aliphatic heterocycles. The molecule has 0 saturated carbocycles. The van der Waals surface area contributed by atoms with Crippen LogP contribution in [-0.4, -0.2) is 61.7 Å². The molecular formula is C49H36N4O8. The standard InChI is InChI=1S/C49H36N4O8/c1-58-47(55)32-15-9-29(10-16-32)44(36-21-23-38(50-36)45(40-25-27-42(54)52-40)30-11-17-33(18-12-30)48(56)59-2)37-22-24-39(51-37)46(31-13-19-34(20-14-31)49(57)60-3)41-26-28-43(53-41)61-35-7-5-4-6-8-35/h4-28,51H,1-3H3,(H,52,54)/b44-36-,45-40+,46-41+. The molecule has 0 saturated heterocycles. The Labute approximate surface area is 350 Å². The first kappa shape index (κ1) is 39.4. The molecule has 0 spiro atoms. The Morgan fingerprint density at radius 3 is 1.41 bits per heavy atom. The lowest BCUT2D eigenvalue weighted by Gasteiger charge is -2.13. The van der Waals surface area contributed by atoms with Gasteiger partial charge in [0, 0.05) is 40.3 Å². The van der Waals surface area contributed by atoms with Crippen molar-refractivity contribution in [1.82, 2.24) is 10.3 Å². The van der Waals surface area contributed by atoms with Crippen LogP contribution in [0.2, 0.25) is 0 Å². The van der Waals surface area contributed by atoms with Gasteiger partial charge < -0.3 is 29.2 Å². The minimum Gasteiger partial charge on any atom is -0.465 e. The van der Waals surface area contributed by atoms with Crippen molar-refractivity contribution in [1.29, 1.82) is 0 Å². The molecule has 1 aromatic heterocycles. The van der Waals surface area contributed by atoms with Crippen LogP contribution in [0, 0.1) is 0 Å². The molecule has 0 bridgehead atoms. The third-order valence-corrected chi connectivity index (χ3v) is 9.93. The summed E-state index contributed by atoms with van der Waals surface area (Å²) < 4.78 is 20.9. The Kier molecular flexibility index (Phi) is 11.1. The summed E-state index contributed by atoms with van der Waals surface area (Å²) in [6.45, 7) is 0. The maximum atomic E-state index is 12.4. The average molecular weight is 809 g/mol. The molecule has 0 aliphatic carbocycles. The zero-order chi connectivity index (χ0) is 42.5. The number of nitrogens with zero attached hydrogens (tertiary/aromatic N) is 2.